The summed E-state index contributed by atoms with van der Waals surface area (Å²) in [5.74, 6) is -0.428. The standard InChI is InChI=1S/C13H14N3O2.2ClH/c14-13(17)12-4-8-16(9-5-12)11-18-10-15-6-2-1-3-7-15;;/h1-9H,10-11H2,(H-,14,17);2*1H/q+1;;/p-1. The van der Waals surface area contributed by atoms with Gasteiger partial charge in [-0.05, 0) is 0 Å². The first-order valence-corrected chi connectivity index (χ1v) is 5.56. The molecule has 0 fully saturated rings. The zero-order valence-corrected chi connectivity index (χ0v) is 12.2. The maximum atomic E-state index is 10.9. The lowest BCUT2D eigenvalue weighted by atomic mass is 10.2. The Morgan fingerprint density at radius 1 is 0.950 bits per heavy atom. The van der Waals surface area contributed by atoms with Crippen LogP contribution in [0.5, 0.6) is 0 Å². The van der Waals surface area contributed by atoms with Crippen LogP contribution in [-0.4, -0.2) is 5.91 Å². The normalized spacial score (nSPS) is 9.20. The molecule has 108 valence electrons. The zero-order chi connectivity index (χ0) is 12.8. The molecule has 20 heavy (non-hydrogen) atoms. The van der Waals surface area contributed by atoms with Crippen LogP contribution in [0.3, 0.4) is 0 Å². The summed E-state index contributed by atoms with van der Waals surface area (Å²) in [7, 11) is 0. The molecule has 0 radical (unpaired) electrons. The van der Waals surface area contributed by atoms with Crippen LogP contribution in [0.2, 0.25) is 0 Å². The van der Waals surface area contributed by atoms with E-state index in [1.807, 2.05) is 39.7 Å². The Morgan fingerprint density at radius 3 is 1.95 bits per heavy atom. The SMILES string of the molecule is NC(=O)c1cc[n+](COC[n+]2ccccc2)cc1.[Cl-].[Cl-]. The predicted octanol–water partition coefficient (Wildman–Crippen LogP) is -6.00. The highest BCUT2D eigenvalue weighted by Gasteiger charge is 2.05. The van der Waals surface area contributed by atoms with E-state index in [0.29, 0.717) is 19.0 Å². The molecule has 0 bridgehead atoms. The summed E-state index contributed by atoms with van der Waals surface area (Å²) >= 11 is 0. The first-order chi connectivity index (χ1) is 8.75. The molecular formula is C13H15Cl2N3O2. The lowest BCUT2D eigenvalue weighted by Crippen LogP contribution is -3.00. The van der Waals surface area contributed by atoms with Crippen LogP contribution in [0.4, 0.5) is 0 Å². The van der Waals surface area contributed by atoms with E-state index in [-0.39, 0.29) is 24.8 Å². The summed E-state index contributed by atoms with van der Waals surface area (Å²) in [6.07, 6.45) is 7.38. The molecule has 2 rings (SSSR count). The maximum Gasteiger partial charge on any atom is 0.257 e. The largest absolute Gasteiger partial charge is 1.00 e. The quantitative estimate of drug-likeness (QED) is 0.559. The molecule has 0 aliphatic rings. The second-order valence-corrected chi connectivity index (χ2v) is 3.82. The van der Waals surface area contributed by atoms with E-state index in [4.69, 9.17) is 10.5 Å². The molecule has 0 atom stereocenters. The van der Waals surface area contributed by atoms with Crippen molar-refractivity contribution in [2.24, 2.45) is 5.73 Å². The number of ether oxygens (including phenoxy) is 1. The molecule has 2 N–H and O–H groups in total. The number of carbonyl (C=O) groups is 1. The monoisotopic (exact) mass is 315 g/mol. The Balaban J connectivity index is 0.00000180. The molecule has 1 amide bonds. The van der Waals surface area contributed by atoms with Gasteiger partial charge in [-0.3, -0.25) is 9.53 Å². The second kappa shape index (κ2) is 9.25. The van der Waals surface area contributed by atoms with Gasteiger partial charge in [0.25, 0.3) is 13.5 Å². The Labute approximate surface area is 129 Å². The van der Waals surface area contributed by atoms with Crippen molar-refractivity contribution in [2.75, 3.05) is 0 Å². The van der Waals surface area contributed by atoms with Crippen LogP contribution in [-0.2, 0) is 18.2 Å². The molecule has 0 aliphatic carbocycles. The van der Waals surface area contributed by atoms with Crippen molar-refractivity contribution in [1.82, 2.24) is 0 Å². The molecule has 0 saturated carbocycles. The van der Waals surface area contributed by atoms with E-state index in [9.17, 15) is 4.79 Å². The number of rotatable bonds is 5. The summed E-state index contributed by atoms with van der Waals surface area (Å²) in [5, 5.41) is 0. The number of carbonyl (C=O) groups excluding carboxylic acids is 1. The third-order valence-electron chi connectivity index (χ3n) is 2.43. The maximum absolute atomic E-state index is 10.9. The minimum atomic E-state index is -0.428. The molecule has 5 nitrogen and oxygen atoms in total. The third kappa shape index (κ3) is 5.52. The van der Waals surface area contributed by atoms with Gasteiger partial charge in [-0.15, -0.1) is 0 Å². The number of nitrogens with zero attached hydrogens (tertiary/aromatic N) is 2. The molecule has 7 heteroatoms. The summed E-state index contributed by atoms with van der Waals surface area (Å²) in [6, 6.07) is 9.17. The van der Waals surface area contributed by atoms with Gasteiger partial charge in [0, 0.05) is 24.3 Å². The number of nitrogens with two attached hydrogens (primary N) is 1. The number of hydrogen-bond donors (Lipinski definition) is 1. The van der Waals surface area contributed by atoms with E-state index in [0.717, 1.165) is 0 Å². The highest BCUT2D eigenvalue weighted by molar-refractivity contribution is 5.92. The van der Waals surface area contributed by atoms with Gasteiger partial charge in [-0.2, -0.15) is 9.13 Å². The van der Waals surface area contributed by atoms with E-state index in [1.54, 1.807) is 24.5 Å². The van der Waals surface area contributed by atoms with Gasteiger partial charge in [0.15, 0.2) is 24.8 Å². The number of amides is 1. The van der Waals surface area contributed by atoms with Crippen LogP contribution in [0.25, 0.3) is 0 Å². The first-order valence-electron chi connectivity index (χ1n) is 5.56. The summed E-state index contributed by atoms with van der Waals surface area (Å²) < 4.78 is 9.27. The zero-order valence-electron chi connectivity index (χ0n) is 10.7. The molecule has 0 aromatic carbocycles. The van der Waals surface area contributed by atoms with Crippen LogP contribution in [0.15, 0.2) is 55.1 Å². The predicted molar refractivity (Wildman–Crippen MR) is 62.9 cm³/mol. The van der Waals surface area contributed by atoms with Crippen LogP contribution >= 0.6 is 0 Å². The highest BCUT2D eigenvalue weighted by atomic mass is 35.5. The lowest BCUT2D eigenvalue weighted by molar-refractivity contribution is -0.788. The smallest absolute Gasteiger partial charge is 0.257 e. The Morgan fingerprint density at radius 2 is 1.45 bits per heavy atom. The van der Waals surface area contributed by atoms with Crippen molar-refractivity contribution in [2.45, 2.75) is 13.5 Å². The van der Waals surface area contributed by atoms with Crippen molar-refractivity contribution in [3.8, 4) is 0 Å². The first kappa shape index (κ1) is 18.3. The number of primary amides is 1. The molecular weight excluding hydrogens is 301 g/mol. The highest BCUT2D eigenvalue weighted by Crippen LogP contribution is 1.92. The average Bonchev–Trinajstić information content (AvgIpc) is 2.40. The molecule has 2 aromatic rings. The Kier molecular flexibility index (Phi) is 8.47. The fraction of sp³-hybridized carbons (Fsp3) is 0.154. The molecule has 2 aromatic heterocycles. The van der Waals surface area contributed by atoms with Crippen molar-refractivity contribution in [3.05, 3.63) is 60.7 Å². The third-order valence-corrected chi connectivity index (χ3v) is 2.43. The Hall–Kier alpha value is -1.69. The Bertz CT molecular complexity index is 521. The fourth-order valence-electron chi connectivity index (χ4n) is 1.48. The number of halogens is 2. The van der Waals surface area contributed by atoms with Crippen molar-refractivity contribution < 1.29 is 43.5 Å². The van der Waals surface area contributed by atoms with Crippen molar-refractivity contribution in [1.29, 1.82) is 0 Å². The van der Waals surface area contributed by atoms with Crippen molar-refractivity contribution >= 4 is 5.91 Å². The molecule has 0 saturated heterocycles. The van der Waals surface area contributed by atoms with Crippen LogP contribution < -0.4 is 39.7 Å². The van der Waals surface area contributed by atoms with Gasteiger partial charge < -0.3 is 30.5 Å². The van der Waals surface area contributed by atoms with E-state index >= 15 is 0 Å². The number of aromatic nitrogens is 2. The van der Waals surface area contributed by atoms with Gasteiger partial charge >= 0.3 is 0 Å². The van der Waals surface area contributed by atoms with Crippen molar-refractivity contribution in [3.63, 3.8) is 0 Å². The van der Waals surface area contributed by atoms with Crippen LogP contribution in [0, 0.1) is 0 Å². The van der Waals surface area contributed by atoms with Gasteiger partial charge in [-0.25, -0.2) is 0 Å². The molecule has 0 unspecified atom stereocenters. The average molecular weight is 316 g/mol. The minimum absolute atomic E-state index is 0. The molecule has 2 heterocycles. The molecule has 0 aliphatic heterocycles. The minimum Gasteiger partial charge on any atom is -1.00 e. The summed E-state index contributed by atoms with van der Waals surface area (Å²) in [4.78, 5) is 10.9. The fourth-order valence-corrected chi connectivity index (χ4v) is 1.48. The van der Waals surface area contributed by atoms with Gasteiger partial charge in [0.1, 0.15) is 0 Å². The summed E-state index contributed by atoms with van der Waals surface area (Å²) in [6.45, 7) is 0.895. The van der Waals surface area contributed by atoms with Gasteiger partial charge in [-0.1, -0.05) is 6.07 Å². The number of hydrogen-bond acceptors (Lipinski definition) is 2. The summed E-state index contributed by atoms with van der Waals surface area (Å²) in [5.41, 5.74) is 5.65. The molecule has 0 spiro atoms. The van der Waals surface area contributed by atoms with E-state index in [1.165, 1.54) is 0 Å². The van der Waals surface area contributed by atoms with E-state index < -0.39 is 5.91 Å². The second-order valence-electron chi connectivity index (χ2n) is 3.82. The number of pyridine rings is 2. The van der Waals surface area contributed by atoms with Crippen LogP contribution in [0.1, 0.15) is 10.4 Å². The lowest BCUT2D eigenvalue weighted by Gasteiger charge is -1.98. The topological polar surface area (TPSA) is 60.1 Å². The van der Waals surface area contributed by atoms with Gasteiger partial charge in [0.05, 0.1) is 5.56 Å². The van der Waals surface area contributed by atoms with Gasteiger partial charge in [0.2, 0.25) is 5.91 Å². The van der Waals surface area contributed by atoms with E-state index in [2.05, 4.69) is 0 Å².